The number of amides is 1. The lowest BCUT2D eigenvalue weighted by molar-refractivity contribution is -0.120. The van der Waals surface area contributed by atoms with Gasteiger partial charge in [0.1, 0.15) is 5.82 Å². The molecule has 1 aromatic carbocycles. The number of benzene rings is 1. The third kappa shape index (κ3) is 3.79. The van der Waals surface area contributed by atoms with Gasteiger partial charge in [-0.3, -0.25) is 10.1 Å². The molecule has 1 fully saturated rings. The smallest absolute Gasteiger partial charge is 0.266 e. The summed E-state index contributed by atoms with van der Waals surface area (Å²) in [5.41, 5.74) is 1.68. The predicted molar refractivity (Wildman–Crippen MR) is 84.7 cm³/mol. The van der Waals surface area contributed by atoms with Gasteiger partial charge in [-0.05, 0) is 43.9 Å². The number of aromatic nitrogens is 1. The fourth-order valence-electron chi connectivity index (χ4n) is 2.34. The lowest BCUT2D eigenvalue weighted by Crippen LogP contribution is -2.17. The Morgan fingerprint density at radius 1 is 1.36 bits per heavy atom. The minimum atomic E-state index is -0.320. The normalized spacial score (nSPS) is 14.9. The summed E-state index contributed by atoms with van der Waals surface area (Å²) in [7, 11) is 0. The largest absolute Gasteiger partial charge is 0.386 e. The highest BCUT2D eigenvalue weighted by Crippen LogP contribution is 2.26. The van der Waals surface area contributed by atoms with Gasteiger partial charge in [0.2, 0.25) is 0 Å². The van der Waals surface area contributed by atoms with E-state index >= 15 is 0 Å². The number of hydrogen-bond acceptors (Lipinski definition) is 5. The highest BCUT2D eigenvalue weighted by molar-refractivity contribution is 7.22. The maximum absolute atomic E-state index is 13.1. The molecule has 0 aliphatic heterocycles. The number of halogens is 1. The average Bonchev–Trinajstić information content (AvgIpc) is 2.89. The molecule has 1 aromatic heterocycles. The molecule has 1 aliphatic carbocycles. The van der Waals surface area contributed by atoms with Crippen molar-refractivity contribution in [2.24, 2.45) is 5.16 Å². The van der Waals surface area contributed by atoms with E-state index in [4.69, 9.17) is 4.84 Å². The zero-order chi connectivity index (χ0) is 15.4. The van der Waals surface area contributed by atoms with Gasteiger partial charge in [0.25, 0.3) is 5.91 Å². The summed E-state index contributed by atoms with van der Waals surface area (Å²) in [6, 6.07) is 4.33. The number of fused-ring (bicyclic) bond motifs is 1. The monoisotopic (exact) mass is 321 g/mol. The van der Waals surface area contributed by atoms with Crippen LogP contribution in [0.25, 0.3) is 10.2 Å². The molecule has 116 valence electrons. The molecule has 0 bridgehead atoms. The van der Waals surface area contributed by atoms with Crippen molar-refractivity contribution in [3.63, 3.8) is 0 Å². The van der Waals surface area contributed by atoms with E-state index in [1.807, 2.05) is 0 Å². The number of hydrogen-bond donors (Lipinski definition) is 1. The minimum absolute atomic E-state index is 0.145. The topological polar surface area (TPSA) is 63.6 Å². The molecule has 0 atom stereocenters. The van der Waals surface area contributed by atoms with Gasteiger partial charge >= 0.3 is 0 Å². The van der Waals surface area contributed by atoms with Gasteiger partial charge in [-0.25, -0.2) is 9.37 Å². The Kier molecular flexibility index (Phi) is 4.62. The van der Waals surface area contributed by atoms with Crippen LogP contribution in [0.15, 0.2) is 23.4 Å². The number of thiazole rings is 1. The van der Waals surface area contributed by atoms with E-state index in [2.05, 4.69) is 15.5 Å². The maximum atomic E-state index is 13.1. The summed E-state index contributed by atoms with van der Waals surface area (Å²) in [4.78, 5) is 21.1. The number of carbonyl (C=O) groups excluding carboxylic acids is 1. The van der Waals surface area contributed by atoms with E-state index < -0.39 is 0 Å². The molecule has 0 spiro atoms. The quantitative estimate of drug-likeness (QED) is 0.873. The Labute approximate surface area is 131 Å². The Morgan fingerprint density at radius 2 is 2.18 bits per heavy atom. The number of oxime groups is 1. The number of carbonyl (C=O) groups is 1. The third-order valence-electron chi connectivity index (χ3n) is 3.42. The number of anilines is 1. The fourth-order valence-corrected chi connectivity index (χ4v) is 3.25. The lowest BCUT2D eigenvalue weighted by atomic mass is 9.99. The summed E-state index contributed by atoms with van der Waals surface area (Å²) in [5.74, 6) is -0.639. The second kappa shape index (κ2) is 6.83. The Balaban J connectivity index is 1.54. The first-order valence-corrected chi connectivity index (χ1v) is 8.06. The molecular weight excluding hydrogens is 305 g/mol. The Morgan fingerprint density at radius 3 is 3.00 bits per heavy atom. The predicted octanol–water partition coefficient (Wildman–Crippen LogP) is 3.71. The molecule has 1 amide bonds. The third-order valence-corrected chi connectivity index (χ3v) is 4.35. The average molecular weight is 321 g/mol. The molecule has 1 aliphatic rings. The minimum Gasteiger partial charge on any atom is -0.386 e. The SMILES string of the molecule is O=C(CON=C1CCCCC1)Nc1nc2ccc(F)cc2s1. The van der Waals surface area contributed by atoms with Gasteiger partial charge in [0, 0.05) is 0 Å². The molecule has 2 aromatic rings. The van der Waals surface area contributed by atoms with Gasteiger partial charge in [-0.2, -0.15) is 0 Å². The van der Waals surface area contributed by atoms with Crippen molar-refractivity contribution < 1.29 is 14.0 Å². The zero-order valence-corrected chi connectivity index (χ0v) is 12.8. The zero-order valence-electron chi connectivity index (χ0n) is 12.0. The Bertz CT molecular complexity index is 706. The second-order valence-corrected chi connectivity index (χ2v) is 6.20. The van der Waals surface area contributed by atoms with Crippen LogP contribution in [0, 0.1) is 5.82 Å². The molecule has 0 radical (unpaired) electrons. The van der Waals surface area contributed by atoms with Crippen LogP contribution in [0.2, 0.25) is 0 Å². The summed E-state index contributed by atoms with van der Waals surface area (Å²) >= 11 is 1.23. The van der Waals surface area contributed by atoms with E-state index in [0.717, 1.165) is 31.4 Å². The molecule has 0 saturated heterocycles. The van der Waals surface area contributed by atoms with Crippen molar-refractivity contribution >= 4 is 38.3 Å². The highest BCUT2D eigenvalue weighted by Gasteiger charge is 2.10. The van der Waals surface area contributed by atoms with Crippen molar-refractivity contribution in [3.05, 3.63) is 24.0 Å². The molecular formula is C15H16FN3O2S. The fraction of sp³-hybridized carbons (Fsp3) is 0.400. The van der Waals surface area contributed by atoms with Gasteiger partial charge in [-0.1, -0.05) is 22.9 Å². The van der Waals surface area contributed by atoms with E-state index in [9.17, 15) is 9.18 Å². The van der Waals surface area contributed by atoms with Crippen molar-refractivity contribution in [3.8, 4) is 0 Å². The summed E-state index contributed by atoms with van der Waals surface area (Å²) in [6.45, 7) is -0.145. The van der Waals surface area contributed by atoms with Gasteiger partial charge in [0.05, 0.1) is 15.9 Å². The van der Waals surface area contributed by atoms with Crippen LogP contribution in [0.3, 0.4) is 0 Å². The Hall–Kier alpha value is -2.02. The molecule has 7 heteroatoms. The number of nitrogens with zero attached hydrogens (tertiary/aromatic N) is 2. The van der Waals surface area contributed by atoms with Crippen LogP contribution >= 0.6 is 11.3 Å². The van der Waals surface area contributed by atoms with Crippen molar-refractivity contribution in [2.45, 2.75) is 32.1 Å². The summed E-state index contributed by atoms with van der Waals surface area (Å²) < 4.78 is 13.8. The van der Waals surface area contributed by atoms with E-state index in [1.54, 1.807) is 6.07 Å². The molecule has 22 heavy (non-hydrogen) atoms. The second-order valence-electron chi connectivity index (χ2n) is 5.17. The number of nitrogens with one attached hydrogen (secondary N) is 1. The van der Waals surface area contributed by atoms with Crippen LogP contribution in [0.5, 0.6) is 0 Å². The van der Waals surface area contributed by atoms with Crippen molar-refractivity contribution in [2.75, 3.05) is 11.9 Å². The first kappa shape index (κ1) is 14.9. The van der Waals surface area contributed by atoms with Crippen LogP contribution in [-0.4, -0.2) is 23.2 Å². The first-order chi connectivity index (χ1) is 10.7. The molecule has 5 nitrogen and oxygen atoms in total. The van der Waals surface area contributed by atoms with Crippen LogP contribution in [0.4, 0.5) is 9.52 Å². The molecule has 1 heterocycles. The van der Waals surface area contributed by atoms with Crippen molar-refractivity contribution in [1.29, 1.82) is 0 Å². The standard InChI is InChI=1S/C15H16FN3O2S/c16-10-6-7-12-13(8-10)22-15(17-12)18-14(20)9-21-19-11-4-2-1-3-5-11/h6-8H,1-5,9H2,(H,17,18,20). The van der Waals surface area contributed by atoms with Gasteiger partial charge in [0.15, 0.2) is 11.7 Å². The highest BCUT2D eigenvalue weighted by atomic mass is 32.1. The van der Waals surface area contributed by atoms with Crippen molar-refractivity contribution in [1.82, 2.24) is 4.98 Å². The molecule has 0 unspecified atom stereocenters. The van der Waals surface area contributed by atoms with Crippen LogP contribution in [-0.2, 0) is 9.63 Å². The lowest BCUT2D eigenvalue weighted by Gasteiger charge is -2.11. The summed E-state index contributed by atoms with van der Waals surface area (Å²) in [5, 5.41) is 7.08. The van der Waals surface area contributed by atoms with E-state index in [1.165, 1.54) is 29.9 Å². The molecule has 1 N–H and O–H groups in total. The van der Waals surface area contributed by atoms with Gasteiger partial charge in [-0.15, -0.1) is 0 Å². The van der Waals surface area contributed by atoms with E-state index in [0.29, 0.717) is 15.3 Å². The number of rotatable bonds is 4. The van der Waals surface area contributed by atoms with Crippen LogP contribution in [0.1, 0.15) is 32.1 Å². The molecule has 3 rings (SSSR count). The summed E-state index contributed by atoms with van der Waals surface area (Å²) in [6.07, 6.45) is 5.40. The first-order valence-electron chi connectivity index (χ1n) is 7.24. The van der Waals surface area contributed by atoms with E-state index in [-0.39, 0.29) is 18.3 Å². The molecule has 1 saturated carbocycles. The van der Waals surface area contributed by atoms with Gasteiger partial charge < -0.3 is 4.84 Å². The maximum Gasteiger partial charge on any atom is 0.266 e. The van der Waals surface area contributed by atoms with Crippen LogP contribution < -0.4 is 5.32 Å².